The third-order valence-corrected chi connectivity index (χ3v) is 6.34. The first-order valence-electron chi connectivity index (χ1n) is 10.8. The van der Waals surface area contributed by atoms with Gasteiger partial charge in [0.05, 0.1) is 23.4 Å². The van der Waals surface area contributed by atoms with E-state index in [1.54, 1.807) is 12.0 Å². The number of hydrogen-bond acceptors (Lipinski definition) is 4. The van der Waals surface area contributed by atoms with Crippen molar-refractivity contribution in [3.63, 3.8) is 0 Å². The fourth-order valence-electron chi connectivity index (χ4n) is 3.46. The first-order chi connectivity index (χ1) is 15.6. The molecule has 0 aliphatic carbocycles. The second kappa shape index (κ2) is 9.88. The minimum atomic E-state index is -0.0778. The summed E-state index contributed by atoms with van der Waals surface area (Å²) >= 11 is 1.39. The number of nitrogens with zero attached hydrogens (tertiary/aromatic N) is 2. The molecule has 0 saturated carbocycles. The summed E-state index contributed by atoms with van der Waals surface area (Å²) in [6.07, 6.45) is 3.83. The van der Waals surface area contributed by atoms with Crippen LogP contribution in [-0.4, -0.2) is 18.2 Å². The van der Waals surface area contributed by atoms with Crippen molar-refractivity contribution < 1.29 is 9.53 Å². The summed E-state index contributed by atoms with van der Waals surface area (Å²) in [5.74, 6) is 0.678. The fourth-order valence-corrected chi connectivity index (χ4v) is 4.46. The lowest BCUT2D eigenvalue weighted by Crippen LogP contribution is -2.28. The fraction of sp³-hybridized carbons (Fsp3) is 0.185. The normalized spacial score (nSPS) is 16.2. The van der Waals surface area contributed by atoms with E-state index in [1.807, 2.05) is 54.6 Å². The summed E-state index contributed by atoms with van der Waals surface area (Å²) in [7, 11) is 1.64. The molecule has 1 heterocycles. The topological polar surface area (TPSA) is 41.9 Å². The number of thioether (sulfide) groups is 1. The molecule has 0 aromatic heterocycles. The number of ether oxygens (including phenoxy) is 1. The molecule has 32 heavy (non-hydrogen) atoms. The number of amides is 1. The predicted molar refractivity (Wildman–Crippen MR) is 135 cm³/mol. The molecule has 5 heteroatoms. The lowest BCUT2D eigenvalue weighted by molar-refractivity contribution is -0.113. The molecule has 0 atom stereocenters. The molecule has 0 unspecified atom stereocenters. The van der Waals surface area contributed by atoms with Gasteiger partial charge in [0.15, 0.2) is 5.17 Å². The van der Waals surface area contributed by atoms with Gasteiger partial charge in [0, 0.05) is 0 Å². The minimum absolute atomic E-state index is 0.0778. The monoisotopic (exact) mass is 442 g/mol. The van der Waals surface area contributed by atoms with Crippen LogP contribution in [0.15, 0.2) is 82.7 Å². The van der Waals surface area contributed by atoms with E-state index in [0.29, 0.717) is 10.1 Å². The quantitative estimate of drug-likeness (QED) is 0.402. The molecule has 1 saturated heterocycles. The molecule has 0 spiro atoms. The number of methoxy groups -OCH3 is 1. The summed E-state index contributed by atoms with van der Waals surface area (Å²) < 4.78 is 5.32. The summed E-state index contributed by atoms with van der Waals surface area (Å²) in [5.41, 5.74) is 5.05. The molecule has 1 aliphatic heterocycles. The Hall–Kier alpha value is -3.31. The van der Waals surface area contributed by atoms with Gasteiger partial charge in [0.25, 0.3) is 5.91 Å². The summed E-state index contributed by atoms with van der Waals surface area (Å²) in [6.45, 7) is 4.25. The van der Waals surface area contributed by atoms with Gasteiger partial charge in [-0.2, -0.15) is 0 Å². The average Bonchev–Trinajstić information content (AvgIpc) is 3.14. The van der Waals surface area contributed by atoms with Crippen LogP contribution in [0.3, 0.4) is 0 Å². The van der Waals surface area contributed by atoms with Crippen LogP contribution in [0.5, 0.6) is 5.75 Å². The van der Waals surface area contributed by atoms with Crippen molar-refractivity contribution in [2.45, 2.75) is 26.7 Å². The molecule has 1 amide bonds. The van der Waals surface area contributed by atoms with E-state index in [4.69, 9.17) is 9.73 Å². The van der Waals surface area contributed by atoms with Gasteiger partial charge >= 0.3 is 0 Å². The van der Waals surface area contributed by atoms with Crippen molar-refractivity contribution in [2.75, 3.05) is 12.0 Å². The van der Waals surface area contributed by atoms with Crippen LogP contribution in [-0.2, 0) is 17.6 Å². The molecule has 162 valence electrons. The number of hydrogen-bond donors (Lipinski definition) is 0. The third kappa shape index (κ3) is 4.78. The number of benzene rings is 3. The number of aryl methyl sites for hydroxylation is 2. The van der Waals surface area contributed by atoms with Gasteiger partial charge in [0.1, 0.15) is 5.75 Å². The largest absolute Gasteiger partial charge is 0.497 e. The highest BCUT2D eigenvalue weighted by Gasteiger charge is 2.34. The molecule has 0 radical (unpaired) electrons. The van der Waals surface area contributed by atoms with Crippen molar-refractivity contribution in [3.05, 3.63) is 94.4 Å². The van der Waals surface area contributed by atoms with E-state index in [9.17, 15) is 4.79 Å². The molecule has 0 bridgehead atoms. The number of rotatable bonds is 6. The molecule has 1 aliphatic rings. The lowest BCUT2D eigenvalue weighted by Gasteiger charge is -2.16. The zero-order valence-corrected chi connectivity index (χ0v) is 19.4. The molecular weight excluding hydrogens is 416 g/mol. The summed E-state index contributed by atoms with van der Waals surface area (Å²) in [6, 6.07) is 23.9. The van der Waals surface area contributed by atoms with Crippen LogP contribution < -0.4 is 9.64 Å². The Morgan fingerprint density at radius 2 is 1.59 bits per heavy atom. The van der Waals surface area contributed by atoms with Crippen molar-refractivity contribution >= 4 is 40.3 Å². The van der Waals surface area contributed by atoms with Gasteiger partial charge in [-0.1, -0.05) is 50.2 Å². The highest BCUT2D eigenvalue weighted by atomic mass is 32.2. The zero-order valence-electron chi connectivity index (χ0n) is 18.5. The smallest absolute Gasteiger partial charge is 0.271 e. The van der Waals surface area contributed by atoms with Crippen LogP contribution in [0.1, 0.15) is 30.5 Å². The van der Waals surface area contributed by atoms with Gasteiger partial charge in [0.2, 0.25) is 0 Å². The van der Waals surface area contributed by atoms with E-state index >= 15 is 0 Å². The van der Waals surface area contributed by atoms with Crippen molar-refractivity contribution in [3.8, 4) is 5.75 Å². The maximum atomic E-state index is 13.4. The second-order valence-corrected chi connectivity index (χ2v) is 8.47. The van der Waals surface area contributed by atoms with Crippen LogP contribution in [0.25, 0.3) is 6.08 Å². The Morgan fingerprint density at radius 1 is 0.938 bits per heavy atom. The number of aliphatic imine (C=N–C) groups is 1. The molecule has 4 nitrogen and oxygen atoms in total. The van der Waals surface area contributed by atoms with Crippen molar-refractivity contribution in [1.29, 1.82) is 0 Å². The Balaban J connectivity index is 1.74. The van der Waals surface area contributed by atoms with E-state index in [2.05, 4.69) is 38.1 Å². The van der Waals surface area contributed by atoms with E-state index < -0.39 is 0 Å². The minimum Gasteiger partial charge on any atom is -0.497 e. The van der Waals surface area contributed by atoms with Gasteiger partial charge in [-0.3, -0.25) is 9.69 Å². The van der Waals surface area contributed by atoms with Crippen molar-refractivity contribution in [2.24, 2.45) is 4.99 Å². The molecule has 3 aromatic carbocycles. The number of carbonyl (C=O) groups is 1. The highest BCUT2D eigenvalue weighted by Crippen LogP contribution is 2.37. The van der Waals surface area contributed by atoms with Gasteiger partial charge in [-0.05, 0) is 83.8 Å². The Morgan fingerprint density at radius 3 is 2.22 bits per heavy atom. The first-order valence-corrected chi connectivity index (χ1v) is 11.6. The van der Waals surface area contributed by atoms with Crippen LogP contribution in [0.4, 0.5) is 11.4 Å². The van der Waals surface area contributed by atoms with E-state index in [1.165, 1.54) is 22.9 Å². The van der Waals surface area contributed by atoms with Gasteiger partial charge < -0.3 is 4.74 Å². The van der Waals surface area contributed by atoms with Crippen LogP contribution in [0, 0.1) is 0 Å². The molecule has 1 fully saturated rings. The molecular formula is C27H26N2O2S. The maximum absolute atomic E-state index is 13.4. The summed E-state index contributed by atoms with van der Waals surface area (Å²) in [5, 5.41) is 0.651. The van der Waals surface area contributed by atoms with Crippen molar-refractivity contribution in [1.82, 2.24) is 0 Å². The number of carbonyl (C=O) groups excluding carboxylic acids is 1. The summed E-state index contributed by atoms with van der Waals surface area (Å²) in [4.78, 5) is 20.6. The van der Waals surface area contributed by atoms with Gasteiger partial charge in [-0.25, -0.2) is 4.99 Å². The number of anilines is 1. The Bertz CT molecular complexity index is 1170. The Labute approximate surface area is 193 Å². The molecule has 0 N–H and O–H groups in total. The molecule has 4 rings (SSSR count). The first kappa shape index (κ1) is 21.9. The van der Waals surface area contributed by atoms with Gasteiger partial charge in [-0.15, -0.1) is 0 Å². The molecule has 3 aromatic rings. The maximum Gasteiger partial charge on any atom is 0.271 e. The van der Waals surface area contributed by atoms with Crippen LogP contribution >= 0.6 is 11.8 Å². The third-order valence-electron chi connectivity index (χ3n) is 5.37. The van der Waals surface area contributed by atoms with E-state index in [0.717, 1.165) is 35.5 Å². The highest BCUT2D eigenvalue weighted by molar-refractivity contribution is 8.19. The Kier molecular flexibility index (Phi) is 6.76. The second-order valence-electron chi connectivity index (χ2n) is 7.46. The lowest BCUT2D eigenvalue weighted by atomic mass is 10.1. The zero-order chi connectivity index (χ0) is 22.5. The number of amidine groups is 1. The average molecular weight is 443 g/mol. The van der Waals surface area contributed by atoms with Crippen LogP contribution in [0.2, 0.25) is 0 Å². The predicted octanol–water partition coefficient (Wildman–Crippen LogP) is 6.63. The SMILES string of the molecule is CCc1ccc(N=C2S/C(=C\c3cccc(OC)c3)C(=O)N2c2ccc(CC)cc2)cc1. The standard InChI is InChI=1S/C27H26N2O2S/c1-4-19-9-13-22(14-10-19)28-27-29(23-15-11-20(5-2)12-16-23)26(30)25(32-27)18-21-7-6-8-24(17-21)31-3/h6-18H,4-5H2,1-3H3/b25-18-,28-27?. The van der Waals surface area contributed by atoms with E-state index in [-0.39, 0.29) is 5.91 Å².